The molecule has 0 saturated carbocycles. The van der Waals surface area contributed by atoms with Gasteiger partial charge in [0, 0.05) is 9.92 Å². The number of phenols is 1. The zero-order chi connectivity index (χ0) is 15.4. The molecule has 3 nitrogen and oxygen atoms in total. The Morgan fingerprint density at radius 1 is 1.24 bits per heavy atom. The van der Waals surface area contributed by atoms with Gasteiger partial charge in [0.1, 0.15) is 5.75 Å². The van der Waals surface area contributed by atoms with E-state index in [4.69, 9.17) is 11.6 Å². The second-order valence-corrected chi connectivity index (χ2v) is 6.57. The van der Waals surface area contributed by atoms with Gasteiger partial charge in [0.25, 0.3) is 0 Å². The molecule has 5 heteroatoms. The number of amides is 1. The molecule has 0 aromatic heterocycles. The lowest BCUT2D eigenvalue weighted by atomic mass is 10.2. The van der Waals surface area contributed by atoms with Crippen LogP contribution >= 0.6 is 23.4 Å². The maximum Gasteiger partial charge on any atom is 0.237 e. The number of aryl methyl sites for hydroxylation is 1. The molecule has 0 aliphatic heterocycles. The summed E-state index contributed by atoms with van der Waals surface area (Å²) in [6.45, 7) is 3.84. The van der Waals surface area contributed by atoms with Gasteiger partial charge in [-0.25, -0.2) is 0 Å². The van der Waals surface area contributed by atoms with Crippen molar-refractivity contribution in [2.75, 3.05) is 5.32 Å². The van der Waals surface area contributed by atoms with Gasteiger partial charge in [0.15, 0.2) is 0 Å². The monoisotopic (exact) mass is 321 g/mol. The second kappa shape index (κ2) is 6.87. The Morgan fingerprint density at radius 2 is 1.90 bits per heavy atom. The number of carbonyl (C=O) groups excluding carboxylic acids is 1. The number of hydrogen-bond donors (Lipinski definition) is 2. The van der Waals surface area contributed by atoms with Gasteiger partial charge in [-0.2, -0.15) is 0 Å². The summed E-state index contributed by atoms with van der Waals surface area (Å²) in [7, 11) is 0. The molecule has 2 rings (SSSR count). The molecule has 21 heavy (non-hydrogen) atoms. The van der Waals surface area contributed by atoms with Gasteiger partial charge >= 0.3 is 0 Å². The van der Waals surface area contributed by atoms with Crippen molar-refractivity contribution in [1.82, 2.24) is 0 Å². The Bertz CT molecular complexity index is 643. The van der Waals surface area contributed by atoms with Crippen molar-refractivity contribution >= 4 is 35.0 Å². The van der Waals surface area contributed by atoms with Gasteiger partial charge in [0.2, 0.25) is 5.91 Å². The first kappa shape index (κ1) is 15.7. The van der Waals surface area contributed by atoms with Crippen LogP contribution in [0.5, 0.6) is 5.75 Å². The van der Waals surface area contributed by atoms with E-state index in [0.717, 1.165) is 4.90 Å². The largest absolute Gasteiger partial charge is 0.506 e. The summed E-state index contributed by atoms with van der Waals surface area (Å²) in [6, 6.07) is 12.5. The van der Waals surface area contributed by atoms with Gasteiger partial charge in [-0.05, 0) is 44.2 Å². The van der Waals surface area contributed by atoms with E-state index in [1.807, 2.05) is 38.1 Å². The predicted octanol–water partition coefficient (Wildman–Crippen LogP) is 4.47. The Hall–Kier alpha value is -1.65. The first-order valence-electron chi connectivity index (χ1n) is 6.48. The van der Waals surface area contributed by atoms with E-state index in [0.29, 0.717) is 10.7 Å². The van der Waals surface area contributed by atoms with Crippen molar-refractivity contribution in [2.24, 2.45) is 0 Å². The van der Waals surface area contributed by atoms with E-state index >= 15 is 0 Å². The minimum absolute atomic E-state index is 0.000265. The minimum atomic E-state index is -0.286. The van der Waals surface area contributed by atoms with Crippen molar-refractivity contribution in [3.05, 3.63) is 53.1 Å². The first-order chi connectivity index (χ1) is 9.95. The third-order valence-corrected chi connectivity index (χ3v) is 4.27. The average molecular weight is 322 g/mol. The van der Waals surface area contributed by atoms with Crippen molar-refractivity contribution < 1.29 is 9.90 Å². The molecule has 0 bridgehead atoms. The number of anilines is 1. The molecule has 0 saturated heterocycles. The summed E-state index contributed by atoms with van der Waals surface area (Å²) in [6.07, 6.45) is 0. The molecule has 0 radical (unpaired) electrons. The second-order valence-electron chi connectivity index (χ2n) is 4.72. The number of nitrogens with one attached hydrogen (secondary N) is 1. The Kier molecular flexibility index (Phi) is 5.15. The van der Waals surface area contributed by atoms with Crippen LogP contribution in [0.2, 0.25) is 5.02 Å². The summed E-state index contributed by atoms with van der Waals surface area (Å²) in [4.78, 5) is 13.2. The quantitative estimate of drug-likeness (QED) is 0.645. The normalized spacial score (nSPS) is 12.0. The SMILES string of the molecule is Cc1ccc(S[C@H](C)C(=O)Nc2cc(Cl)ccc2O)cc1. The van der Waals surface area contributed by atoms with Crippen LogP contribution in [0.15, 0.2) is 47.4 Å². The summed E-state index contributed by atoms with van der Waals surface area (Å²) in [5, 5.41) is 12.6. The van der Waals surface area contributed by atoms with Crippen molar-refractivity contribution in [2.45, 2.75) is 24.0 Å². The summed E-state index contributed by atoms with van der Waals surface area (Å²) < 4.78 is 0. The molecule has 0 aliphatic rings. The Morgan fingerprint density at radius 3 is 2.57 bits per heavy atom. The van der Waals surface area contributed by atoms with Crippen LogP contribution in [0.3, 0.4) is 0 Å². The average Bonchev–Trinajstić information content (AvgIpc) is 2.45. The molecular weight excluding hydrogens is 306 g/mol. The Balaban J connectivity index is 2.02. The molecule has 2 aromatic rings. The van der Waals surface area contributed by atoms with E-state index in [1.54, 1.807) is 6.07 Å². The van der Waals surface area contributed by atoms with Crippen molar-refractivity contribution in [3.8, 4) is 5.75 Å². The number of phenolic OH excluding ortho intramolecular Hbond substituents is 1. The molecular formula is C16H16ClNO2S. The molecule has 1 amide bonds. The van der Waals surface area contributed by atoms with Crippen LogP contribution in [0.4, 0.5) is 5.69 Å². The standard InChI is InChI=1S/C16H16ClNO2S/c1-10-3-6-13(7-4-10)21-11(2)16(20)18-14-9-12(17)5-8-15(14)19/h3-9,11,19H,1-2H3,(H,18,20)/t11-/m1/s1. The van der Waals surface area contributed by atoms with E-state index in [2.05, 4.69) is 5.32 Å². The first-order valence-corrected chi connectivity index (χ1v) is 7.74. The van der Waals surface area contributed by atoms with E-state index in [9.17, 15) is 9.90 Å². The van der Waals surface area contributed by atoms with Crippen LogP contribution < -0.4 is 5.32 Å². The molecule has 2 N–H and O–H groups in total. The molecule has 2 aromatic carbocycles. The van der Waals surface area contributed by atoms with Crippen LogP contribution in [-0.2, 0) is 4.79 Å². The lowest BCUT2D eigenvalue weighted by molar-refractivity contribution is -0.115. The van der Waals surface area contributed by atoms with Gasteiger partial charge in [-0.1, -0.05) is 29.3 Å². The maximum absolute atomic E-state index is 12.2. The van der Waals surface area contributed by atoms with Gasteiger partial charge < -0.3 is 10.4 Å². The Labute approximate surface area is 133 Å². The number of aromatic hydroxyl groups is 1. The van der Waals surface area contributed by atoms with Crippen LogP contribution in [0.25, 0.3) is 0 Å². The van der Waals surface area contributed by atoms with E-state index in [-0.39, 0.29) is 16.9 Å². The van der Waals surface area contributed by atoms with Gasteiger partial charge in [-0.15, -0.1) is 11.8 Å². The maximum atomic E-state index is 12.2. The lowest BCUT2D eigenvalue weighted by Gasteiger charge is -2.13. The molecule has 0 heterocycles. The third-order valence-electron chi connectivity index (χ3n) is 2.92. The molecule has 0 fully saturated rings. The predicted molar refractivity (Wildman–Crippen MR) is 88.2 cm³/mol. The smallest absolute Gasteiger partial charge is 0.237 e. The topological polar surface area (TPSA) is 49.3 Å². The summed E-state index contributed by atoms with van der Waals surface area (Å²) in [5.41, 5.74) is 1.50. The number of halogens is 1. The van der Waals surface area contributed by atoms with Crippen LogP contribution in [-0.4, -0.2) is 16.3 Å². The molecule has 0 spiro atoms. The van der Waals surface area contributed by atoms with Crippen LogP contribution in [0, 0.1) is 6.92 Å². The number of rotatable bonds is 4. The number of thioether (sulfide) groups is 1. The van der Waals surface area contributed by atoms with E-state index < -0.39 is 0 Å². The third kappa shape index (κ3) is 4.41. The fourth-order valence-electron chi connectivity index (χ4n) is 1.72. The minimum Gasteiger partial charge on any atom is -0.506 e. The molecule has 0 aliphatic carbocycles. The highest BCUT2D eigenvalue weighted by atomic mass is 35.5. The molecule has 110 valence electrons. The van der Waals surface area contributed by atoms with Crippen LogP contribution in [0.1, 0.15) is 12.5 Å². The molecule has 0 unspecified atom stereocenters. The van der Waals surface area contributed by atoms with Crippen molar-refractivity contribution in [1.29, 1.82) is 0 Å². The fourth-order valence-corrected chi connectivity index (χ4v) is 2.76. The summed E-state index contributed by atoms with van der Waals surface area (Å²) in [5.74, 6) is -0.182. The highest BCUT2D eigenvalue weighted by molar-refractivity contribution is 8.00. The van der Waals surface area contributed by atoms with E-state index in [1.165, 1.54) is 29.5 Å². The van der Waals surface area contributed by atoms with Gasteiger partial charge in [-0.3, -0.25) is 4.79 Å². The lowest BCUT2D eigenvalue weighted by Crippen LogP contribution is -2.22. The summed E-state index contributed by atoms with van der Waals surface area (Å²) >= 11 is 7.32. The number of hydrogen-bond acceptors (Lipinski definition) is 3. The number of benzene rings is 2. The highest BCUT2D eigenvalue weighted by Crippen LogP contribution is 2.29. The van der Waals surface area contributed by atoms with Gasteiger partial charge in [0.05, 0.1) is 10.9 Å². The zero-order valence-corrected chi connectivity index (χ0v) is 13.3. The van der Waals surface area contributed by atoms with Crippen molar-refractivity contribution in [3.63, 3.8) is 0 Å². The number of carbonyl (C=O) groups is 1. The highest BCUT2D eigenvalue weighted by Gasteiger charge is 2.16. The molecule has 1 atom stereocenters. The zero-order valence-electron chi connectivity index (χ0n) is 11.8. The fraction of sp³-hybridized carbons (Fsp3) is 0.188.